The van der Waals surface area contributed by atoms with Crippen LogP contribution in [0.2, 0.25) is 0 Å². The van der Waals surface area contributed by atoms with Crippen molar-refractivity contribution in [2.24, 2.45) is 10.8 Å². The summed E-state index contributed by atoms with van der Waals surface area (Å²) in [5, 5.41) is 3.68. The summed E-state index contributed by atoms with van der Waals surface area (Å²) in [7, 11) is 0. The minimum atomic E-state index is -0.625. The molecular formula is C5H11N3OS. The average molecular weight is 161 g/mol. The number of urea groups is 1. The molecule has 0 saturated carbocycles. The summed E-state index contributed by atoms with van der Waals surface area (Å²) in [6.07, 6.45) is 1.96. The van der Waals surface area contributed by atoms with Crippen LogP contribution in [0, 0.1) is 0 Å². The maximum Gasteiger partial charge on any atom is 0.332 e. The Morgan fingerprint density at radius 1 is 1.80 bits per heavy atom. The Labute approximate surface area is 64.2 Å². The van der Waals surface area contributed by atoms with Crippen molar-refractivity contribution in [2.45, 2.75) is 6.92 Å². The molecule has 0 heterocycles. The van der Waals surface area contributed by atoms with Crippen LogP contribution in [-0.4, -0.2) is 23.8 Å². The van der Waals surface area contributed by atoms with Gasteiger partial charge in [0.15, 0.2) is 0 Å². The van der Waals surface area contributed by atoms with Crippen LogP contribution in [0.25, 0.3) is 0 Å². The molecule has 0 aromatic carbocycles. The largest absolute Gasteiger partial charge is 0.350 e. The maximum absolute atomic E-state index is 10.1. The van der Waals surface area contributed by atoms with Gasteiger partial charge in [-0.1, -0.05) is 0 Å². The number of rotatable bonds is 3. The number of hydrogen-bond acceptors (Lipinski definition) is 3. The summed E-state index contributed by atoms with van der Waals surface area (Å²) in [6.45, 7) is 1.83. The van der Waals surface area contributed by atoms with Crippen molar-refractivity contribution < 1.29 is 4.79 Å². The van der Waals surface area contributed by atoms with Crippen molar-refractivity contribution in [1.82, 2.24) is 5.43 Å². The van der Waals surface area contributed by atoms with E-state index in [2.05, 4.69) is 10.5 Å². The lowest BCUT2D eigenvalue weighted by Crippen LogP contribution is -2.25. The standard InChI is InChI=1S/C5H11N3OS/c1-4(3-10-2)7-8-5(6)9/h3H2,1-2H3,(H3,6,8,9). The topological polar surface area (TPSA) is 67.5 Å². The summed E-state index contributed by atoms with van der Waals surface area (Å²) in [4.78, 5) is 10.1. The van der Waals surface area contributed by atoms with E-state index in [-0.39, 0.29) is 0 Å². The van der Waals surface area contributed by atoms with Crippen molar-refractivity contribution in [3.8, 4) is 0 Å². The molecule has 0 radical (unpaired) electrons. The van der Waals surface area contributed by atoms with E-state index in [0.29, 0.717) is 0 Å². The number of hydrazone groups is 1. The quantitative estimate of drug-likeness (QED) is 0.464. The minimum Gasteiger partial charge on any atom is -0.350 e. The number of amides is 2. The zero-order chi connectivity index (χ0) is 7.98. The van der Waals surface area contributed by atoms with Gasteiger partial charge in [-0.25, -0.2) is 10.2 Å². The highest BCUT2D eigenvalue weighted by atomic mass is 32.2. The van der Waals surface area contributed by atoms with Gasteiger partial charge in [0.05, 0.1) is 0 Å². The van der Waals surface area contributed by atoms with Gasteiger partial charge in [-0.05, 0) is 13.2 Å². The molecule has 0 bridgehead atoms. The molecule has 0 aliphatic carbocycles. The molecule has 0 aliphatic heterocycles. The van der Waals surface area contributed by atoms with Gasteiger partial charge >= 0.3 is 6.03 Å². The molecule has 0 fully saturated rings. The average Bonchev–Trinajstić information content (AvgIpc) is 1.85. The Hall–Kier alpha value is -0.710. The Kier molecular flexibility index (Phi) is 4.74. The Morgan fingerprint density at radius 3 is 2.80 bits per heavy atom. The van der Waals surface area contributed by atoms with E-state index < -0.39 is 6.03 Å². The fraction of sp³-hybridized carbons (Fsp3) is 0.600. The molecule has 3 N–H and O–H groups in total. The fourth-order valence-corrected chi connectivity index (χ4v) is 0.874. The van der Waals surface area contributed by atoms with E-state index in [1.165, 1.54) is 0 Å². The smallest absolute Gasteiger partial charge is 0.332 e. The van der Waals surface area contributed by atoms with Gasteiger partial charge in [-0.2, -0.15) is 16.9 Å². The first-order valence-corrected chi connectivity index (χ1v) is 4.13. The van der Waals surface area contributed by atoms with E-state index in [0.717, 1.165) is 11.5 Å². The van der Waals surface area contributed by atoms with Gasteiger partial charge in [0.25, 0.3) is 0 Å². The first-order chi connectivity index (χ1) is 4.66. The molecule has 0 spiro atoms. The molecule has 0 aromatic rings. The fourth-order valence-electron chi connectivity index (χ4n) is 0.392. The summed E-state index contributed by atoms with van der Waals surface area (Å²) in [6, 6.07) is -0.625. The Balaban J connectivity index is 3.57. The van der Waals surface area contributed by atoms with Gasteiger partial charge in [-0.15, -0.1) is 0 Å². The van der Waals surface area contributed by atoms with Crippen LogP contribution in [-0.2, 0) is 0 Å². The van der Waals surface area contributed by atoms with E-state index in [1.54, 1.807) is 11.8 Å². The van der Waals surface area contributed by atoms with Crippen LogP contribution in [0.15, 0.2) is 5.10 Å². The SMILES string of the molecule is CSCC(C)=NNC(N)=O. The summed E-state index contributed by atoms with van der Waals surface area (Å²) in [5.74, 6) is 0.806. The lowest BCUT2D eigenvalue weighted by atomic mass is 10.5. The van der Waals surface area contributed by atoms with Gasteiger partial charge in [0.2, 0.25) is 0 Å². The normalized spacial score (nSPS) is 11.2. The van der Waals surface area contributed by atoms with E-state index in [1.807, 2.05) is 13.2 Å². The van der Waals surface area contributed by atoms with Crippen LogP contribution < -0.4 is 11.2 Å². The number of hydrogen-bond donors (Lipinski definition) is 2. The Morgan fingerprint density at radius 2 is 2.40 bits per heavy atom. The zero-order valence-electron chi connectivity index (χ0n) is 6.05. The maximum atomic E-state index is 10.1. The predicted molar refractivity (Wildman–Crippen MR) is 44.2 cm³/mol. The molecule has 0 saturated heterocycles. The van der Waals surface area contributed by atoms with Gasteiger partial charge in [0.1, 0.15) is 0 Å². The van der Waals surface area contributed by atoms with E-state index in [4.69, 9.17) is 5.73 Å². The lowest BCUT2D eigenvalue weighted by molar-refractivity contribution is 0.249. The second-order valence-corrected chi connectivity index (χ2v) is 2.62. The lowest BCUT2D eigenvalue weighted by Gasteiger charge is -1.95. The molecule has 4 nitrogen and oxygen atoms in total. The molecule has 0 rings (SSSR count). The highest BCUT2D eigenvalue weighted by molar-refractivity contribution is 7.99. The minimum absolute atomic E-state index is 0.625. The van der Waals surface area contributed by atoms with Gasteiger partial charge in [-0.3, -0.25) is 0 Å². The first kappa shape index (κ1) is 9.29. The number of primary amides is 1. The van der Waals surface area contributed by atoms with Gasteiger partial charge < -0.3 is 5.73 Å². The third kappa shape index (κ3) is 5.43. The molecule has 0 atom stereocenters. The number of nitrogens with two attached hydrogens (primary N) is 1. The van der Waals surface area contributed by atoms with Crippen molar-refractivity contribution in [3.05, 3.63) is 0 Å². The molecule has 10 heavy (non-hydrogen) atoms. The zero-order valence-corrected chi connectivity index (χ0v) is 6.86. The highest BCUT2D eigenvalue weighted by Gasteiger charge is 1.89. The third-order valence-electron chi connectivity index (χ3n) is 0.710. The number of thioether (sulfide) groups is 1. The Bertz CT molecular complexity index is 146. The second-order valence-electron chi connectivity index (χ2n) is 1.76. The summed E-state index contributed by atoms with van der Waals surface area (Å²) in [5.41, 5.74) is 7.77. The van der Waals surface area contributed by atoms with Crippen LogP contribution in [0.3, 0.4) is 0 Å². The molecule has 2 amide bonds. The number of nitrogens with zero attached hydrogens (tertiary/aromatic N) is 1. The van der Waals surface area contributed by atoms with Crippen LogP contribution in [0.1, 0.15) is 6.92 Å². The van der Waals surface area contributed by atoms with Crippen molar-refractivity contribution >= 4 is 23.5 Å². The summed E-state index contributed by atoms with van der Waals surface area (Å²) < 4.78 is 0. The highest BCUT2D eigenvalue weighted by Crippen LogP contribution is 1.91. The number of carbonyl (C=O) groups is 1. The number of carbonyl (C=O) groups excluding carboxylic acids is 1. The van der Waals surface area contributed by atoms with Crippen molar-refractivity contribution in [3.63, 3.8) is 0 Å². The molecular weight excluding hydrogens is 150 g/mol. The molecule has 0 aromatic heterocycles. The second kappa shape index (κ2) is 5.10. The van der Waals surface area contributed by atoms with Crippen LogP contribution in [0.4, 0.5) is 4.79 Å². The third-order valence-corrected chi connectivity index (χ3v) is 1.42. The monoisotopic (exact) mass is 161 g/mol. The van der Waals surface area contributed by atoms with E-state index in [9.17, 15) is 4.79 Å². The molecule has 5 heteroatoms. The molecule has 0 aliphatic rings. The summed E-state index contributed by atoms with van der Waals surface area (Å²) >= 11 is 1.64. The predicted octanol–water partition coefficient (Wildman–Crippen LogP) is 0.394. The van der Waals surface area contributed by atoms with Crippen LogP contribution >= 0.6 is 11.8 Å². The van der Waals surface area contributed by atoms with Gasteiger partial charge in [0, 0.05) is 11.5 Å². The van der Waals surface area contributed by atoms with Crippen molar-refractivity contribution in [2.75, 3.05) is 12.0 Å². The molecule has 0 unspecified atom stereocenters. The van der Waals surface area contributed by atoms with Crippen LogP contribution in [0.5, 0.6) is 0 Å². The van der Waals surface area contributed by atoms with E-state index >= 15 is 0 Å². The molecule has 58 valence electrons. The number of nitrogens with one attached hydrogen (secondary N) is 1. The first-order valence-electron chi connectivity index (χ1n) is 2.74. The van der Waals surface area contributed by atoms with Crippen molar-refractivity contribution in [1.29, 1.82) is 0 Å².